The molecule has 6 nitrogen and oxygen atoms in total. The average molecular weight is 258 g/mol. The van der Waals surface area contributed by atoms with Crippen LogP contribution in [0.2, 0.25) is 0 Å². The molecule has 0 fully saturated rings. The normalized spacial score (nSPS) is 6.80. The van der Waals surface area contributed by atoms with E-state index in [1.54, 1.807) is 0 Å². The molecule has 82 valence electrons. The predicted octanol–water partition coefficient (Wildman–Crippen LogP) is -8.90. The van der Waals surface area contributed by atoms with E-state index in [-0.39, 0.29) is 71.2 Å². The Hall–Kier alpha value is 1.50. The fraction of sp³-hybridized carbons (Fsp3) is 1.00. The molecule has 0 atom stereocenters. The molecular formula is C6H16Na2O6Si. The molecule has 15 heavy (non-hydrogen) atoms. The van der Waals surface area contributed by atoms with Gasteiger partial charge < -0.3 is 29.4 Å². The first kappa shape index (κ1) is 30.0. The first-order valence-electron chi connectivity index (χ1n) is 3.71. The zero-order chi connectivity index (χ0) is 9.82. The molecule has 0 aromatic carbocycles. The van der Waals surface area contributed by atoms with Gasteiger partial charge in [0.15, 0.2) is 0 Å². The molecule has 0 aliphatic rings. The summed E-state index contributed by atoms with van der Waals surface area (Å²) in [5.74, 6) is 0. The van der Waals surface area contributed by atoms with Gasteiger partial charge in [0.05, 0.1) is 13.2 Å². The van der Waals surface area contributed by atoms with Gasteiger partial charge in [-0.1, -0.05) is 13.3 Å². The molecule has 0 radical (unpaired) electrons. The number of unbranched alkanes of at least 4 members (excludes halogenated alkanes) is 1. The molecule has 0 spiro atoms. The summed E-state index contributed by atoms with van der Waals surface area (Å²) < 4.78 is 13.5. The van der Waals surface area contributed by atoms with Gasteiger partial charge in [0, 0.05) is 15.8 Å². The maximum Gasteiger partial charge on any atom is 1.00 e. The summed E-state index contributed by atoms with van der Waals surface area (Å²) in [6, 6.07) is 0. The van der Waals surface area contributed by atoms with Crippen molar-refractivity contribution in [2.75, 3.05) is 19.8 Å². The van der Waals surface area contributed by atoms with Crippen LogP contribution in [0.5, 0.6) is 0 Å². The van der Waals surface area contributed by atoms with E-state index in [1.807, 2.05) is 0 Å². The monoisotopic (exact) mass is 258 g/mol. The minimum absolute atomic E-state index is 0. The van der Waals surface area contributed by atoms with Crippen LogP contribution in [0, 0.1) is 0 Å². The van der Waals surface area contributed by atoms with E-state index in [0.717, 1.165) is 19.4 Å². The standard InChI is InChI=1S/C6H14O2.2Na.O3Si.H2O/c1-2-3-5-8-6-4-7;;;1-4(2)3;/h7H,2-6H2,1H3;;;;1H2/q;2*+1;-2;. The Morgan fingerprint density at radius 1 is 1.27 bits per heavy atom. The van der Waals surface area contributed by atoms with Crippen molar-refractivity contribution >= 4 is 9.17 Å². The quantitative estimate of drug-likeness (QED) is 0.387. The second-order valence-electron chi connectivity index (χ2n) is 1.94. The molecular weight excluding hydrogens is 242 g/mol. The number of aliphatic hydroxyl groups is 1. The fourth-order valence-corrected chi connectivity index (χ4v) is 0.413. The van der Waals surface area contributed by atoms with Gasteiger partial charge in [-0.05, 0) is 6.42 Å². The van der Waals surface area contributed by atoms with Crippen LogP contribution in [0.25, 0.3) is 0 Å². The minimum Gasteiger partial charge on any atom is -0.672 e. The molecule has 0 aromatic heterocycles. The Morgan fingerprint density at radius 3 is 1.93 bits per heavy atom. The van der Waals surface area contributed by atoms with Gasteiger partial charge in [-0.25, -0.2) is 0 Å². The smallest absolute Gasteiger partial charge is 0.672 e. The van der Waals surface area contributed by atoms with Gasteiger partial charge in [0.25, 0.3) is 0 Å². The Kier molecular flexibility index (Phi) is 59.1. The first-order chi connectivity index (χ1) is 5.65. The molecule has 9 heteroatoms. The molecule has 0 amide bonds. The molecule has 0 saturated heterocycles. The average Bonchev–Trinajstić information content (AvgIpc) is 1.97. The largest absolute Gasteiger partial charge is 1.00 e. The maximum absolute atomic E-state index is 8.52. The second-order valence-corrected chi connectivity index (χ2v) is 2.44. The Labute approximate surface area is 136 Å². The number of hydrogen-bond acceptors (Lipinski definition) is 5. The van der Waals surface area contributed by atoms with Crippen molar-refractivity contribution < 1.29 is 88.5 Å². The molecule has 0 rings (SSSR count). The van der Waals surface area contributed by atoms with E-state index in [9.17, 15) is 0 Å². The summed E-state index contributed by atoms with van der Waals surface area (Å²) in [4.78, 5) is 17.0. The SMILES string of the molecule is CCCCOCCO.O.O=[Si]([O-])[O-].[Na+].[Na+]. The molecule has 0 heterocycles. The van der Waals surface area contributed by atoms with Gasteiger partial charge in [-0.3, -0.25) is 0 Å². The Morgan fingerprint density at radius 2 is 1.67 bits per heavy atom. The van der Waals surface area contributed by atoms with Crippen LogP contribution < -0.4 is 68.7 Å². The summed E-state index contributed by atoms with van der Waals surface area (Å²) in [5, 5.41) is 8.24. The third-order valence-electron chi connectivity index (χ3n) is 0.878. The zero-order valence-corrected chi connectivity index (χ0v) is 14.6. The van der Waals surface area contributed by atoms with Gasteiger partial charge in [-0.2, -0.15) is 0 Å². The van der Waals surface area contributed by atoms with Gasteiger partial charge in [0.1, 0.15) is 0 Å². The number of ether oxygens (including phenoxy) is 1. The first-order valence-corrected chi connectivity index (χ1v) is 4.94. The fourth-order valence-electron chi connectivity index (χ4n) is 0.413. The van der Waals surface area contributed by atoms with Crippen molar-refractivity contribution in [3.05, 3.63) is 0 Å². The van der Waals surface area contributed by atoms with Crippen LogP contribution in [0.4, 0.5) is 0 Å². The van der Waals surface area contributed by atoms with Crippen LogP contribution in [-0.4, -0.2) is 39.6 Å². The van der Waals surface area contributed by atoms with Crippen molar-refractivity contribution in [3.8, 4) is 0 Å². The van der Waals surface area contributed by atoms with Crippen LogP contribution in [0.3, 0.4) is 0 Å². The van der Waals surface area contributed by atoms with Crippen molar-refractivity contribution in [3.63, 3.8) is 0 Å². The van der Waals surface area contributed by atoms with Gasteiger partial charge >= 0.3 is 59.1 Å². The van der Waals surface area contributed by atoms with E-state index in [4.69, 9.17) is 23.9 Å². The topological polar surface area (TPSA) is 124 Å². The molecule has 0 bridgehead atoms. The molecule has 3 N–H and O–H groups in total. The van der Waals surface area contributed by atoms with Gasteiger partial charge in [0.2, 0.25) is 0 Å². The third-order valence-corrected chi connectivity index (χ3v) is 0.878. The van der Waals surface area contributed by atoms with Crippen molar-refractivity contribution in [1.82, 2.24) is 0 Å². The summed E-state index contributed by atoms with van der Waals surface area (Å²) in [6.45, 7) is 3.53. The zero-order valence-electron chi connectivity index (χ0n) is 9.62. The Balaban J connectivity index is -0.0000000424. The van der Waals surface area contributed by atoms with Crippen LogP contribution in [0.1, 0.15) is 19.8 Å². The number of rotatable bonds is 5. The van der Waals surface area contributed by atoms with E-state index in [0.29, 0.717) is 6.61 Å². The van der Waals surface area contributed by atoms with Crippen LogP contribution in [0.15, 0.2) is 0 Å². The molecule has 0 aliphatic carbocycles. The van der Waals surface area contributed by atoms with Crippen molar-refractivity contribution in [2.24, 2.45) is 0 Å². The van der Waals surface area contributed by atoms with E-state index in [1.165, 1.54) is 0 Å². The van der Waals surface area contributed by atoms with Crippen molar-refractivity contribution in [2.45, 2.75) is 19.8 Å². The molecule has 0 aromatic rings. The third kappa shape index (κ3) is 66.9. The van der Waals surface area contributed by atoms with E-state index < -0.39 is 9.17 Å². The van der Waals surface area contributed by atoms with Crippen molar-refractivity contribution in [1.29, 1.82) is 0 Å². The van der Waals surface area contributed by atoms with E-state index >= 15 is 0 Å². The summed E-state index contributed by atoms with van der Waals surface area (Å²) in [6.07, 6.45) is 2.26. The number of aliphatic hydroxyl groups excluding tert-OH is 1. The second kappa shape index (κ2) is 29.6. The predicted molar refractivity (Wildman–Crippen MR) is 42.9 cm³/mol. The number of hydrogen-bond donors (Lipinski definition) is 1. The molecule has 0 saturated carbocycles. The summed E-state index contributed by atoms with van der Waals surface area (Å²) >= 11 is 0. The Bertz CT molecular complexity index is 97.6. The maximum atomic E-state index is 8.52. The molecule has 0 unspecified atom stereocenters. The van der Waals surface area contributed by atoms with Crippen LogP contribution >= 0.6 is 0 Å². The van der Waals surface area contributed by atoms with Gasteiger partial charge in [-0.15, -0.1) is 0 Å². The summed E-state index contributed by atoms with van der Waals surface area (Å²) in [5.41, 5.74) is 0. The molecule has 0 aliphatic heterocycles. The summed E-state index contributed by atoms with van der Waals surface area (Å²) in [7, 11) is -3.63. The van der Waals surface area contributed by atoms with Crippen LogP contribution in [-0.2, 0) is 9.20 Å². The van der Waals surface area contributed by atoms with E-state index in [2.05, 4.69) is 6.92 Å². The minimum atomic E-state index is -3.63.